The molecule has 15 heavy (non-hydrogen) atoms. The minimum Gasteiger partial charge on any atom is -0.396 e. The van der Waals surface area contributed by atoms with E-state index in [4.69, 9.17) is 5.73 Å². The number of nitrogens with two attached hydrogens (primary N) is 1. The van der Waals surface area contributed by atoms with Crippen LogP contribution in [0.15, 0.2) is 0 Å². The van der Waals surface area contributed by atoms with Crippen molar-refractivity contribution in [2.24, 2.45) is 16.6 Å². The lowest BCUT2D eigenvalue weighted by Gasteiger charge is -2.57. The molecule has 0 aromatic heterocycles. The summed E-state index contributed by atoms with van der Waals surface area (Å²) < 4.78 is 0. The third kappa shape index (κ3) is 2.20. The first kappa shape index (κ1) is 13.3. The van der Waals surface area contributed by atoms with Crippen molar-refractivity contribution >= 4 is 11.8 Å². The van der Waals surface area contributed by atoms with Crippen LogP contribution in [0, 0.1) is 10.8 Å². The van der Waals surface area contributed by atoms with Crippen molar-refractivity contribution < 1.29 is 5.11 Å². The minimum atomic E-state index is -0.230. The Morgan fingerprint density at radius 1 is 1.40 bits per heavy atom. The number of aliphatic hydroxyl groups excluding tert-OH is 1. The van der Waals surface area contributed by atoms with Gasteiger partial charge >= 0.3 is 0 Å². The lowest BCUT2D eigenvalue weighted by atomic mass is 9.55. The summed E-state index contributed by atoms with van der Waals surface area (Å²) in [7, 11) is 0. The van der Waals surface area contributed by atoms with Crippen molar-refractivity contribution in [1.29, 1.82) is 0 Å². The summed E-state index contributed by atoms with van der Waals surface area (Å²) >= 11 is 1.98. The fourth-order valence-corrected chi connectivity index (χ4v) is 5.04. The molecular weight excluding hydrogens is 206 g/mol. The topological polar surface area (TPSA) is 46.2 Å². The number of rotatable bonds is 3. The van der Waals surface area contributed by atoms with Gasteiger partial charge in [-0.15, -0.1) is 0 Å². The minimum absolute atomic E-state index is 0.0532. The molecule has 3 N–H and O–H groups in total. The molecule has 0 spiro atoms. The number of thioether (sulfide) groups is 1. The SMILES string of the molecule is CC(C)(N)C1(CCO)CSCCC1(C)C. The highest BCUT2D eigenvalue weighted by Crippen LogP contribution is 2.55. The Bertz CT molecular complexity index is 218. The smallest absolute Gasteiger partial charge is 0.0437 e. The predicted octanol–water partition coefficient (Wildman–Crippen LogP) is 2.26. The molecule has 1 unspecified atom stereocenters. The molecule has 1 fully saturated rings. The lowest BCUT2D eigenvalue weighted by molar-refractivity contribution is -0.00864. The van der Waals surface area contributed by atoms with Crippen molar-refractivity contribution in [2.75, 3.05) is 18.1 Å². The van der Waals surface area contributed by atoms with E-state index in [2.05, 4.69) is 27.7 Å². The highest BCUT2D eigenvalue weighted by Gasteiger charge is 2.53. The standard InChI is InChI=1S/C12H25NOS/c1-10(2)6-8-15-9-12(10,5-7-14)11(3,4)13/h14H,5-9,13H2,1-4H3. The molecule has 0 radical (unpaired) electrons. The van der Waals surface area contributed by atoms with Gasteiger partial charge in [0.15, 0.2) is 0 Å². The summed E-state index contributed by atoms with van der Waals surface area (Å²) in [6.07, 6.45) is 2.01. The van der Waals surface area contributed by atoms with E-state index < -0.39 is 0 Å². The van der Waals surface area contributed by atoms with Crippen molar-refractivity contribution in [3.05, 3.63) is 0 Å². The first-order valence-corrected chi connectivity index (χ1v) is 6.90. The molecule has 0 saturated carbocycles. The maximum Gasteiger partial charge on any atom is 0.0437 e. The Hall–Kier alpha value is 0.270. The summed E-state index contributed by atoms with van der Waals surface area (Å²) in [6.45, 7) is 9.06. The van der Waals surface area contributed by atoms with E-state index in [9.17, 15) is 5.11 Å². The van der Waals surface area contributed by atoms with Gasteiger partial charge in [0, 0.05) is 23.3 Å². The quantitative estimate of drug-likeness (QED) is 0.783. The first-order chi connectivity index (χ1) is 6.77. The Labute approximate surface area is 98.0 Å². The summed E-state index contributed by atoms with van der Waals surface area (Å²) in [4.78, 5) is 0. The van der Waals surface area contributed by atoms with E-state index in [1.165, 1.54) is 12.2 Å². The molecule has 2 nitrogen and oxygen atoms in total. The monoisotopic (exact) mass is 231 g/mol. The highest BCUT2D eigenvalue weighted by molar-refractivity contribution is 7.99. The zero-order valence-corrected chi connectivity index (χ0v) is 11.3. The molecule has 1 rings (SSSR count). The average Bonchev–Trinajstić information content (AvgIpc) is 2.06. The first-order valence-electron chi connectivity index (χ1n) is 5.74. The van der Waals surface area contributed by atoms with E-state index in [1.54, 1.807) is 0 Å². The van der Waals surface area contributed by atoms with Crippen LogP contribution >= 0.6 is 11.8 Å². The second-order valence-electron chi connectivity index (χ2n) is 5.96. The highest BCUT2D eigenvalue weighted by atomic mass is 32.2. The molecular formula is C12H25NOS. The molecule has 1 aliphatic heterocycles. The summed E-state index contributed by atoms with van der Waals surface area (Å²) in [5.41, 5.74) is 6.43. The van der Waals surface area contributed by atoms with E-state index in [0.29, 0.717) is 0 Å². The van der Waals surface area contributed by atoms with Crippen molar-refractivity contribution in [2.45, 2.75) is 46.1 Å². The van der Waals surface area contributed by atoms with Gasteiger partial charge in [-0.05, 0) is 37.9 Å². The molecule has 0 bridgehead atoms. The van der Waals surface area contributed by atoms with Crippen LogP contribution < -0.4 is 5.73 Å². The van der Waals surface area contributed by atoms with Crippen molar-refractivity contribution in [3.63, 3.8) is 0 Å². The molecule has 1 aliphatic rings. The lowest BCUT2D eigenvalue weighted by Crippen LogP contribution is -2.61. The van der Waals surface area contributed by atoms with Crippen LogP contribution in [0.3, 0.4) is 0 Å². The van der Waals surface area contributed by atoms with Crippen LogP contribution in [-0.2, 0) is 0 Å². The molecule has 1 atom stereocenters. The van der Waals surface area contributed by atoms with Crippen LogP contribution in [0.25, 0.3) is 0 Å². The number of hydrogen-bond acceptors (Lipinski definition) is 3. The van der Waals surface area contributed by atoms with Gasteiger partial charge < -0.3 is 10.8 Å². The number of aliphatic hydroxyl groups is 1. The van der Waals surface area contributed by atoms with Gasteiger partial charge in [-0.2, -0.15) is 11.8 Å². The fourth-order valence-electron chi connectivity index (χ4n) is 2.99. The zero-order chi connectivity index (χ0) is 11.7. The van der Waals surface area contributed by atoms with Gasteiger partial charge in [-0.25, -0.2) is 0 Å². The van der Waals surface area contributed by atoms with Crippen LogP contribution in [-0.4, -0.2) is 28.8 Å². The molecule has 0 aliphatic carbocycles. The maximum atomic E-state index is 9.31. The predicted molar refractivity (Wildman–Crippen MR) is 68.1 cm³/mol. The number of hydrogen-bond donors (Lipinski definition) is 2. The summed E-state index contributed by atoms with van der Waals surface area (Å²) in [6, 6.07) is 0. The fraction of sp³-hybridized carbons (Fsp3) is 1.00. The Morgan fingerprint density at radius 2 is 2.00 bits per heavy atom. The molecule has 0 aromatic carbocycles. The van der Waals surface area contributed by atoms with Gasteiger partial charge in [0.2, 0.25) is 0 Å². The van der Waals surface area contributed by atoms with Crippen LogP contribution in [0.4, 0.5) is 0 Å². The average molecular weight is 231 g/mol. The van der Waals surface area contributed by atoms with Crippen LogP contribution in [0.1, 0.15) is 40.5 Å². The van der Waals surface area contributed by atoms with E-state index in [1.807, 2.05) is 11.8 Å². The largest absolute Gasteiger partial charge is 0.396 e. The molecule has 0 amide bonds. The molecule has 0 aromatic rings. The Kier molecular flexibility index (Phi) is 3.79. The van der Waals surface area contributed by atoms with E-state index >= 15 is 0 Å². The van der Waals surface area contributed by atoms with Gasteiger partial charge in [0.1, 0.15) is 0 Å². The third-order valence-corrected chi connectivity index (χ3v) is 5.48. The van der Waals surface area contributed by atoms with E-state index in [-0.39, 0.29) is 23.0 Å². The summed E-state index contributed by atoms with van der Waals surface area (Å²) in [5.74, 6) is 2.29. The second-order valence-corrected chi connectivity index (χ2v) is 7.07. The van der Waals surface area contributed by atoms with Crippen LogP contribution in [0.2, 0.25) is 0 Å². The third-order valence-electron chi connectivity index (χ3n) is 4.29. The molecule has 1 saturated heterocycles. The van der Waals surface area contributed by atoms with E-state index in [0.717, 1.165) is 12.2 Å². The van der Waals surface area contributed by atoms with Crippen molar-refractivity contribution in [1.82, 2.24) is 0 Å². The summed E-state index contributed by atoms with van der Waals surface area (Å²) in [5, 5.41) is 9.31. The normalized spacial score (nSPS) is 31.6. The van der Waals surface area contributed by atoms with Gasteiger partial charge in [0.05, 0.1) is 0 Å². The zero-order valence-electron chi connectivity index (χ0n) is 10.5. The Balaban J connectivity index is 3.07. The van der Waals surface area contributed by atoms with Crippen LogP contribution in [0.5, 0.6) is 0 Å². The molecule has 1 heterocycles. The van der Waals surface area contributed by atoms with Crippen molar-refractivity contribution in [3.8, 4) is 0 Å². The molecule has 3 heteroatoms. The maximum absolute atomic E-state index is 9.31. The second kappa shape index (κ2) is 4.27. The van der Waals surface area contributed by atoms with Gasteiger partial charge in [-0.1, -0.05) is 13.8 Å². The van der Waals surface area contributed by atoms with Gasteiger partial charge in [-0.3, -0.25) is 0 Å². The molecule has 90 valence electrons. The Morgan fingerprint density at radius 3 is 2.40 bits per heavy atom. The van der Waals surface area contributed by atoms with Gasteiger partial charge in [0.25, 0.3) is 0 Å².